The largest absolute Gasteiger partial charge is 0.290 e. The molecule has 1 aliphatic rings. The highest BCUT2D eigenvalue weighted by molar-refractivity contribution is 5.14. The molecule has 0 unspecified atom stereocenters. The molecule has 1 aromatic carbocycles. The standard InChI is InChI=1S/C14H22N2/c1-15(12-14-8-4-2-5-9-14)13-16-10-6-3-7-11-16/h2,4-5,8-9H,3,6-7,10-13H2,1H3. The van der Waals surface area contributed by atoms with Crippen molar-refractivity contribution in [1.82, 2.24) is 9.80 Å². The second-order valence-corrected chi connectivity index (χ2v) is 4.82. The van der Waals surface area contributed by atoms with Crippen molar-refractivity contribution in [3.05, 3.63) is 35.9 Å². The van der Waals surface area contributed by atoms with Gasteiger partial charge in [0.1, 0.15) is 0 Å². The Kier molecular flexibility index (Phi) is 4.37. The van der Waals surface area contributed by atoms with Gasteiger partial charge in [-0.3, -0.25) is 9.80 Å². The van der Waals surface area contributed by atoms with Crippen molar-refractivity contribution in [3.8, 4) is 0 Å². The number of nitrogens with zero attached hydrogens (tertiary/aromatic N) is 2. The second kappa shape index (κ2) is 6.02. The average molecular weight is 218 g/mol. The topological polar surface area (TPSA) is 6.48 Å². The molecule has 0 bridgehead atoms. The zero-order valence-corrected chi connectivity index (χ0v) is 10.2. The first-order valence-corrected chi connectivity index (χ1v) is 6.29. The smallest absolute Gasteiger partial charge is 0.0506 e. The molecule has 16 heavy (non-hydrogen) atoms. The Balaban J connectivity index is 1.77. The van der Waals surface area contributed by atoms with E-state index >= 15 is 0 Å². The van der Waals surface area contributed by atoms with Crippen LogP contribution in [-0.2, 0) is 6.54 Å². The SMILES string of the molecule is CN(Cc1ccccc1)CN1CCCCC1. The van der Waals surface area contributed by atoms with Crippen molar-refractivity contribution in [2.24, 2.45) is 0 Å². The van der Waals surface area contributed by atoms with Crippen molar-refractivity contribution in [3.63, 3.8) is 0 Å². The Morgan fingerprint density at radius 1 is 1.06 bits per heavy atom. The lowest BCUT2D eigenvalue weighted by atomic mass is 10.1. The molecule has 0 radical (unpaired) electrons. The predicted molar refractivity (Wildman–Crippen MR) is 68.2 cm³/mol. The van der Waals surface area contributed by atoms with E-state index < -0.39 is 0 Å². The van der Waals surface area contributed by atoms with Gasteiger partial charge in [-0.05, 0) is 38.5 Å². The normalized spacial score (nSPS) is 17.9. The third kappa shape index (κ3) is 3.62. The first kappa shape index (κ1) is 11.6. The summed E-state index contributed by atoms with van der Waals surface area (Å²) in [5.74, 6) is 0. The number of hydrogen-bond acceptors (Lipinski definition) is 2. The van der Waals surface area contributed by atoms with E-state index in [1.807, 2.05) is 0 Å². The maximum absolute atomic E-state index is 2.56. The van der Waals surface area contributed by atoms with Crippen LogP contribution in [0, 0.1) is 0 Å². The van der Waals surface area contributed by atoms with Crippen LogP contribution in [0.3, 0.4) is 0 Å². The monoisotopic (exact) mass is 218 g/mol. The minimum Gasteiger partial charge on any atom is -0.290 e. The van der Waals surface area contributed by atoms with E-state index in [4.69, 9.17) is 0 Å². The third-order valence-corrected chi connectivity index (χ3v) is 3.19. The van der Waals surface area contributed by atoms with Gasteiger partial charge in [0.15, 0.2) is 0 Å². The molecular weight excluding hydrogens is 196 g/mol. The first-order valence-electron chi connectivity index (χ1n) is 6.29. The van der Waals surface area contributed by atoms with Gasteiger partial charge in [-0.2, -0.15) is 0 Å². The van der Waals surface area contributed by atoms with Gasteiger partial charge in [-0.25, -0.2) is 0 Å². The molecule has 2 nitrogen and oxygen atoms in total. The summed E-state index contributed by atoms with van der Waals surface area (Å²) in [5, 5.41) is 0. The van der Waals surface area contributed by atoms with Crippen LogP contribution in [0.15, 0.2) is 30.3 Å². The molecule has 88 valence electrons. The van der Waals surface area contributed by atoms with Gasteiger partial charge in [0, 0.05) is 6.54 Å². The molecular formula is C14H22N2. The van der Waals surface area contributed by atoms with E-state index in [9.17, 15) is 0 Å². The minimum absolute atomic E-state index is 1.05. The van der Waals surface area contributed by atoms with Crippen molar-refractivity contribution in [2.45, 2.75) is 25.8 Å². The van der Waals surface area contributed by atoms with Gasteiger partial charge in [0.2, 0.25) is 0 Å². The van der Waals surface area contributed by atoms with Crippen molar-refractivity contribution < 1.29 is 0 Å². The van der Waals surface area contributed by atoms with Gasteiger partial charge in [0.05, 0.1) is 6.67 Å². The van der Waals surface area contributed by atoms with E-state index in [0.717, 1.165) is 13.2 Å². The summed E-state index contributed by atoms with van der Waals surface area (Å²) in [4.78, 5) is 4.97. The molecule has 1 fully saturated rings. The van der Waals surface area contributed by atoms with E-state index in [1.54, 1.807) is 0 Å². The van der Waals surface area contributed by atoms with Crippen molar-refractivity contribution in [2.75, 3.05) is 26.8 Å². The molecule has 0 amide bonds. The summed E-state index contributed by atoms with van der Waals surface area (Å²) in [6.45, 7) is 4.71. The zero-order valence-electron chi connectivity index (χ0n) is 10.2. The molecule has 0 aliphatic carbocycles. The molecule has 1 aliphatic heterocycles. The average Bonchev–Trinajstić information content (AvgIpc) is 2.31. The Bertz CT molecular complexity index is 291. The zero-order chi connectivity index (χ0) is 11.2. The van der Waals surface area contributed by atoms with Gasteiger partial charge >= 0.3 is 0 Å². The fourth-order valence-corrected chi connectivity index (χ4v) is 2.39. The van der Waals surface area contributed by atoms with Gasteiger partial charge in [0.25, 0.3) is 0 Å². The van der Waals surface area contributed by atoms with Crippen LogP contribution in [0.4, 0.5) is 0 Å². The lowest BCUT2D eigenvalue weighted by Crippen LogP contribution is -2.38. The number of rotatable bonds is 4. The van der Waals surface area contributed by atoms with Gasteiger partial charge in [-0.15, -0.1) is 0 Å². The highest BCUT2D eigenvalue weighted by atomic mass is 15.3. The molecule has 1 aromatic rings. The van der Waals surface area contributed by atoms with Crippen LogP contribution in [0.2, 0.25) is 0 Å². The maximum Gasteiger partial charge on any atom is 0.0506 e. The molecule has 1 saturated heterocycles. The summed E-state index contributed by atoms with van der Waals surface area (Å²) in [7, 11) is 2.21. The number of benzene rings is 1. The Morgan fingerprint density at radius 3 is 2.44 bits per heavy atom. The number of hydrogen-bond donors (Lipinski definition) is 0. The Hall–Kier alpha value is -0.860. The van der Waals surface area contributed by atoms with E-state index in [0.29, 0.717) is 0 Å². The van der Waals surface area contributed by atoms with Crippen LogP contribution in [0.5, 0.6) is 0 Å². The molecule has 0 spiro atoms. The molecule has 2 heteroatoms. The van der Waals surface area contributed by atoms with Crippen LogP contribution >= 0.6 is 0 Å². The van der Waals surface area contributed by atoms with Crippen molar-refractivity contribution in [1.29, 1.82) is 0 Å². The van der Waals surface area contributed by atoms with Gasteiger partial charge in [-0.1, -0.05) is 36.8 Å². The summed E-state index contributed by atoms with van der Waals surface area (Å²) < 4.78 is 0. The lowest BCUT2D eigenvalue weighted by Gasteiger charge is -2.30. The fourth-order valence-electron chi connectivity index (χ4n) is 2.39. The van der Waals surface area contributed by atoms with Crippen LogP contribution in [0.25, 0.3) is 0 Å². The van der Waals surface area contributed by atoms with Crippen LogP contribution in [-0.4, -0.2) is 36.6 Å². The van der Waals surface area contributed by atoms with Crippen LogP contribution in [0.1, 0.15) is 24.8 Å². The first-order chi connectivity index (χ1) is 7.84. The second-order valence-electron chi connectivity index (χ2n) is 4.82. The van der Waals surface area contributed by atoms with Crippen LogP contribution < -0.4 is 0 Å². The third-order valence-electron chi connectivity index (χ3n) is 3.19. The Morgan fingerprint density at radius 2 is 1.75 bits per heavy atom. The maximum atomic E-state index is 2.56. The molecule has 0 N–H and O–H groups in total. The molecule has 0 atom stereocenters. The number of piperidine rings is 1. The quantitative estimate of drug-likeness (QED) is 0.766. The predicted octanol–water partition coefficient (Wildman–Crippen LogP) is 2.56. The molecule has 1 heterocycles. The summed E-state index contributed by atoms with van der Waals surface area (Å²) in [5.41, 5.74) is 1.40. The van der Waals surface area contributed by atoms with E-state index in [-0.39, 0.29) is 0 Å². The minimum atomic E-state index is 1.05. The molecule has 0 aromatic heterocycles. The highest BCUT2D eigenvalue weighted by Gasteiger charge is 2.11. The lowest BCUT2D eigenvalue weighted by molar-refractivity contribution is 0.128. The summed E-state index contributed by atoms with van der Waals surface area (Å²) in [6, 6.07) is 10.7. The van der Waals surface area contributed by atoms with E-state index in [2.05, 4.69) is 47.2 Å². The van der Waals surface area contributed by atoms with Crippen molar-refractivity contribution >= 4 is 0 Å². The van der Waals surface area contributed by atoms with E-state index in [1.165, 1.54) is 37.9 Å². The Labute approximate surface area is 98.9 Å². The molecule has 2 rings (SSSR count). The summed E-state index contributed by atoms with van der Waals surface area (Å²) >= 11 is 0. The van der Waals surface area contributed by atoms with Gasteiger partial charge < -0.3 is 0 Å². The molecule has 0 saturated carbocycles. The highest BCUT2D eigenvalue weighted by Crippen LogP contribution is 2.10. The fraction of sp³-hybridized carbons (Fsp3) is 0.571. The number of likely N-dealkylation sites (tertiary alicyclic amines) is 1. The summed E-state index contributed by atoms with van der Waals surface area (Å²) in [6.07, 6.45) is 4.16.